The molecule has 35 heavy (non-hydrogen) atoms. The molecule has 2 aliphatic rings. The molecule has 1 fully saturated rings. The molecule has 1 aromatic carbocycles. The molecule has 8 nitrogen and oxygen atoms in total. The Morgan fingerprint density at radius 2 is 1.97 bits per heavy atom. The number of benzene rings is 1. The highest BCUT2D eigenvalue weighted by atomic mass is 79.9. The molecule has 182 valence electrons. The van der Waals surface area contributed by atoms with E-state index in [4.69, 9.17) is 14.5 Å². The predicted octanol–water partition coefficient (Wildman–Crippen LogP) is 4.86. The Bertz CT molecular complexity index is 1290. The molecule has 1 unspecified atom stereocenters. The number of halogens is 2. The van der Waals surface area contributed by atoms with Crippen LogP contribution in [-0.4, -0.2) is 39.2 Å². The fourth-order valence-electron chi connectivity index (χ4n) is 4.54. The average Bonchev–Trinajstić information content (AvgIpc) is 3.56. The van der Waals surface area contributed by atoms with E-state index >= 15 is 0 Å². The maximum atomic E-state index is 12.7. The van der Waals surface area contributed by atoms with E-state index in [-0.39, 0.29) is 18.5 Å². The number of methoxy groups -OCH3 is 1. The van der Waals surface area contributed by atoms with Crippen molar-refractivity contribution in [3.63, 3.8) is 0 Å². The van der Waals surface area contributed by atoms with Gasteiger partial charge in [-0.05, 0) is 69.5 Å². The topological polar surface area (TPSA) is 95.3 Å². The molecule has 5 rings (SSSR count). The SMILES string of the molecule is COC(=O)C1(OC(=O)CC[C@@H]2NC(c3ccccn3)c3cc(Br)c(Br)cc3-n3c(C)cnc32)CC1. The highest BCUT2D eigenvalue weighted by Crippen LogP contribution is 2.42. The Balaban J connectivity index is 1.49. The Morgan fingerprint density at radius 1 is 1.20 bits per heavy atom. The maximum absolute atomic E-state index is 12.7. The van der Waals surface area contributed by atoms with Gasteiger partial charge in [-0.25, -0.2) is 9.78 Å². The van der Waals surface area contributed by atoms with Crippen molar-refractivity contribution in [1.29, 1.82) is 0 Å². The fraction of sp³-hybridized carbons (Fsp3) is 0.360. The van der Waals surface area contributed by atoms with Gasteiger partial charge in [-0.2, -0.15) is 0 Å². The van der Waals surface area contributed by atoms with Gasteiger partial charge in [0, 0.05) is 51.9 Å². The number of aryl methyl sites for hydroxylation is 1. The smallest absolute Gasteiger partial charge is 0.350 e. The van der Waals surface area contributed by atoms with Crippen molar-refractivity contribution in [2.45, 2.75) is 50.3 Å². The van der Waals surface area contributed by atoms with E-state index in [1.165, 1.54) is 7.11 Å². The van der Waals surface area contributed by atoms with Crippen LogP contribution in [0.2, 0.25) is 0 Å². The van der Waals surface area contributed by atoms with Crippen molar-refractivity contribution in [2.75, 3.05) is 7.11 Å². The van der Waals surface area contributed by atoms with Crippen molar-refractivity contribution in [1.82, 2.24) is 19.9 Å². The summed E-state index contributed by atoms with van der Waals surface area (Å²) in [7, 11) is 1.31. The van der Waals surface area contributed by atoms with Gasteiger partial charge >= 0.3 is 11.9 Å². The molecule has 1 aliphatic heterocycles. The van der Waals surface area contributed by atoms with Crippen LogP contribution in [0.4, 0.5) is 0 Å². The number of carbonyl (C=O) groups is 2. The summed E-state index contributed by atoms with van der Waals surface area (Å²) < 4.78 is 14.3. The van der Waals surface area contributed by atoms with E-state index in [1.54, 1.807) is 6.20 Å². The number of rotatable bonds is 6. The van der Waals surface area contributed by atoms with Gasteiger partial charge in [-0.1, -0.05) is 6.07 Å². The number of fused-ring (bicyclic) bond motifs is 3. The van der Waals surface area contributed by atoms with Gasteiger partial charge in [0.05, 0.1) is 30.6 Å². The molecule has 2 atom stereocenters. The highest BCUT2D eigenvalue weighted by Gasteiger charge is 2.55. The number of pyridine rings is 1. The van der Waals surface area contributed by atoms with Gasteiger partial charge in [0.15, 0.2) is 0 Å². The molecule has 10 heteroatoms. The third kappa shape index (κ3) is 4.54. The first kappa shape index (κ1) is 24.1. The minimum atomic E-state index is -1.11. The van der Waals surface area contributed by atoms with Crippen LogP contribution in [0.15, 0.2) is 51.7 Å². The van der Waals surface area contributed by atoms with Gasteiger partial charge < -0.3 is 9.47 Å². The number of ether oxygens (including phenoxy) is 2. The van der Waals surface area contributed by atoms with Crippen molar-refractivity contribution >= 4 is 43.8 Å². The number of aromatic nitrogens is 3. The Kier molecular flexibility index (Phi) is 6.54. The third-order valence-corrected chi connectivity index (χ3v) is 8.30. The number of hydrogen-bond donors (Lipinski definition) is 1. The fourth-order valence-corrected chi connectivity index (χ4v) is 5.23. The Labute approximate surface area is 219 Å². The quantitative estimate of drug-likeness (QED) is 0.402. The van der Waals surface area contributed by atoms with Gasteiger partial charge in [-0.3, -0.25) is 19.7 Å². The summed E-state index contributed by atoms with van der Waals surface area (Å²) in [5.41, 5.74) is 2.76. The van der Waals surface area contributed by atoms with E-state index < -0.39 is 17.5 Å². The standard InChI is InChI=1S/C25H24Br2N4O4/c1-14-13-29-23-19(6-7-21(32)35-25(8-9-25)24(33)34-2)30-22(18-5-3-4-10-28-18)15-11-16(26)17(27)12-20(15)31(14)23/h3-5,10-13,19,22,30H,6-9H2,1-2H3/t19-,22?/m0/s1. The van der Waals surface area contributed by atoms with Crippen LogP contribution >= 0.6 is 31.9 Å². The summed E-state index contributed by atoms with van der Waals surface area (Å²) in [5, 5.41) is 3.69. The van der Waals surface area contributed by atoms with Crippen LogP contribution in [0.3, 0.4) is 0 Å². The summed E-state index contributed by atoms with van der Waals surface area (Å²) in [4.78, 5) is 34.0. The number of esters is 2. The monoisotopic (exact) mass is 602 g/mol. The molecule has 0 bridgehead atoms. The Morgan fingerprint density at radius 3 is 2.66 bits per heavy atom. The molecular formula is C25H24Br2N4O4. The van der Waals surface area contributed by atoms with Crippen LogP contribution in [0.5, 0.6) is 0 Å². The zero-order chi connectivity index (χ0) is 24.7. The summed E-state index contributed by atoms with van der Waals surface area (Å²) >= 11 is 7.29. The second-order valence-electron chi connectivity index (χ2n) is 8.82. The van der Waals surface area contributed by atoms with Gasteiger partial charge in [0.2, 0.25) is 5.60 Å². The molecule has 0 radical (unpaired) electrons. The lowest BCUT2D eigenvalue weighted by Crippen LogP contribution is -2.31. The van der Waals surface area contributed by atoms with E-state index in [9.17, 15) is 9.59 Å². The molecule has 2 aromatic heterocycles. The minimum absolute atomic E-state index is 0.126. The summed E-state index contributed by atoms with van der Waals surface area (Å²) in [5.74, 6) is -0.115. The molecule has 0 spiro atoms. The number of imidazole rings is 1. The van der Waals surface area contributed by atoms with E-state index in [2.05, 4.69) is 58.9 Å². The zero-order valence-electron chi connectivity index (χ0n) is 19.3. The zero-order valence-corrected chi connectivity index (χ0v) is 22.4. The second kappa shape index (κ2) is 9.48. The first-order valence-corrected chi connectivity index (χ1v) is 12.9. The van der Waals surface area contributed by atoms with Crippen molar-refractivity contribution in [2.24, 2.45) is 0 Å². The van der Waals surface area contributed by atoms with Crippen LogP contribution in [0, 0.1) is 6.92 Å². The predicted molar refractivity (Wildman–Crippen MR) is 135 cm³/mol. The normalized spacial score (nSPS) is 19.8. The van der Waals surface area contributed by atoms with Crippen LogP contribution in [-0.2, 0) is 19.1 Å². The molecule has 1 saturated carbocycles. The molecular weight excluding hydrogens is 580 g/mol. The van der Waals surface area contributed by atoms with Crippen molar-refractivity contribution in [3.8, 4) is 5.69 Å². The lowest BCUT2D eigenvalue weighted by Gasteiger charge is -2.23. The van der Waals surface area contributed by atoms with Gasteiger partial charge in [0.1, 0.15) is 5.82 Å². The highest BCUT2D eigenvalue weighted by molar-refractivity contribution is 9.13. The number of nitrogens with one attached hydrogen (secondary N) is 1. The first-order valence-electron chi connectivity index (χ1n) is 11.3. The third-order valence-electron chi connectivity index (χ3n) is 6.46. The lowest BCUT2D eigenvalue weighted by atomic mass is 10.00. The van der Waals surface area contributed by atoms with Crippen LogP contribution < -0.4 is 5.32 Å². The minimum Gasteiger partial charge on any atom is -0.466 e. The molecule has 0 amide bonds. The molecule has 0 saturated heterocycles. The van der Waals surface area contributed by atoms with Crippen LogP contribution in [0.25, 0.3) is 5.69 Å². The van der Waals surface area contributed by atoms with Crippen molar-refractivity contribution < 1.29 is 19.1 Å². The summed E-state index contributed by atoms with van der Waals surface area (Å²) in [6.07, 6.45) is 5.16. The first-order chi connectivity index (χ1) is 16.8. The van der Waals surface area contributed by atoms with E-state index in [0.29, 0.717) is 19.3 Å². The molecule has 3 aromatic rings. The summed E-state index contributed by atoms with van der Waals surface area (Å²) in [6, 6.07) is 9.48. The van der Waals surface area contributed by atoms with Gasteiger partial charge in [-0.15, -0.1) is 0 Å². The molecule has 1 aliphatic carbocycles. The number of carbonyl (C=O) groups excluding carboxylic acids is 2. The number of hydrogen-bond acceptors (Lipinski definition) is 7. The maximum Gasteiger partial charge on any atom is 0.350 e. The largest absolute Gasteiger partial charge is 0.466 e. The summed E-state index contributed by atoms with van der Waals surface area (Å²) in [6.45, 7) is 2.01. The van der Waals surface area contributed by atoms with Crippen molar-refractivity contribution in [3.05, 3.63) is 74.4 Å². The van der Waals surface area contributed by atoms with E-state index in [0.717, 1.165) is 37.4 Å². The van der Waals surface area contributed by atoms with E-state index in [1.807, 2.05) is 31.3 Å². The number of nitrogens with zero attached hydrogens (tertiary/aromatic N) is 3. The second-order valence-corrected chi connectivity index (χ2v) is 10.5. The Hall–Kier alpha value is -2.56. The van der Waals surface area contributed by atoms with Crippen LogP contribution in [0.1, 0.15) is 60.5 Å². The molecule has 3 heterocycles. The average molecular weight is 604 g/mol. The molecule has 1 N–H and O–H groups in total. The lowest BCUT2D eigenvalue weighted by molar-refractivity contribution is -0.169. The van der Waals surface area contributed by atoms with Gasteiger partial charge in [0.25, 0.3) is 0 Å².